The molecule has 0 amide bonds. The fourth-order valence-electron chi connectivity index (χ4n) is 2.19. The van der Waals surface area contributed by atoms with Gasteiger partial charge >= 0.3 is 0 Å². The maximum absolute atomic E-state index is 5.72. The molecule has 3 rings (SSSR count). The van der Waals surface area contributed by atoms with E-state index in [1.807, 2.05) is 0 Å². The van der Waals surface area contributed by atoms with Crippen LogP contribution in [0.3, 0.4) is 0 Å². The Bertz CT molecular complexity index is 538. The van der Waals surface area contributed by atoms with Gasteiger partial charge in [-0.15, -0.1) is 12.4 Å². The second kappa shape index (κ2) is 3.69. The van der Waals surface area contributed by atoms with Crippen LogP contribution in [0.1, 0.15) is 11.1 Å². The summed E-state index contributed by atoms with van der Waals surface area (Å²) in [7, 11) is 0. The Kier molecular flexibility index (Phi) is 2.51. The van der Waals surface area contributed by atoms with Crippen LogP contribution in [0, 0.1) is 0 Å². The Balaban J connectivity index is 0.000000853. The second-order valence-corrected chi connectivity index (χ2v) is 3.62. The molecule has 0 fully saturated rings. The smallest absolute Gasteiger partial charge is 0.0184 e. The minimum Gasteiger partial charge on any atom is -0.326 e. The van der Waals surface area contributed by atoms with E-state index >= 15 is 0 Å². The maximum atomic E-state index is 5.72. The highest BCUT2D eigenvalue weighted by atomic mass is 35.5. The van der Waals surface area contributed by atoms with Crippen molar-refractivity contribution in [1.82, 2.24) is 0 Å². The molecule has 2 aromatic rings. The minimum absolute atomic E-state index is 0. The van der Waals surface area contributed by atoms with Gasteiger partial charge in [-0.1, -0.05) is 36.4 Å². The molecule has 1 nitrogen and oxygen atoms in total. The van der Waals surface area contributed by atoms with Gasteiger partial charge in [0.2, 0.25) is 0 Å². The number of nitrogens with two attached hydrogens (primary N) is 1. The van der Waals surface area contributed by atoms with Crippen LogP contribution in [0.15, 0.2) is 36.4 Å². The normalized spacial score (nSPS) is 12.5. The molecule has 2 heteroatoms. The summed E-state index contributed by atoms with van der Waals surface area (Å²) in [4.78, 5) is 0. The number of hydrogen-bond acceptors (Lipinski definition) is 1. The van der Waals surface area contributed by atoms with Gasteiger partial charge in [0, 0.05) is 6.54 Å². The molecular weight excluding hydrogens is 206 g/mol. The lowest BCUT2D eigenvalue weighted by atomic mass is 10.0. The fraction of sp³-hybridized carbons (Fsp3) is 0.0769. The van der Waals surface area contributed by atoms with Crippen molar-refractivity contribution in [3.05, 3.63) is 47.5 Å². The molecule has 76 valence electrons. The first-order chi connectivity index (χ1) is 6.90. The van der Waals surface area contributed by atoms with Gasteiger partial charge in [-0.2, -0.15) is 0 Å². The van der Waals surface area contributed by atoms with Crippen LogP contribution in [0.2, 0.25) is 0 Å². The Morgan fingerprint density at radius 2 is 1.73 bits per heavy atom. The predicted molar refractivity (Wildman–Crippen MR) is 68.1 cm³/mol. The van der Waals surface area contributed by atoms with Gasteiger partial charge < -0.3 is 5.73 Å². The third-order valence-electron chi connectivity index (χ3n) is 2.83. The van der Waals surface area contributed by atoms with E-state index in [1.54, 1.807) is 0 Å². The molecule has 15 heavy (non-hydrogen) atoms. The summed E-state index contributed by atoms with van der Waals surface area (Å²) in [6.07, 6.45) is 2.19. The van der Waals surface area contributed by atoms with Gasteiger partial charge in [0.25, 0.3) is 0 Å². The molecule has 0 spiro atoms. The molecule has 0 saturated heterocycles. The van der Waals surface area contributed by atoms with Crippen molar-refractivity contribution < 1.29 is 0 Å². The molecule has 0 saturated carbocycles. The molecule has 0 heterocycles. The third-order valence-corrected chi connectivity index (χ3v) is 2.83. The van der Waals surface area contributed by atoms with E-state index < -0.39 is 0 Å². The van der Waals surface area contributed by atoms with Gasteiger partial charge in [-0.05, 0) is 33.5 Å². The van der Waals surface area contributed by atoms with Gasteiger partial charge in [0.15, 0.2) is 0 Å². The van der Waals surface area contributed by atoms with E-state index in [4.69, 9.17) is 5.73 Å². The lowest BCUT2D eigenvalue weighted by Crippen LogP contribution is -1.99. The molecule has 2 N–H and O–H groups in total. The second-order valence-electron chi connectivity index (χ2n) is 3.62. The summed E-state index contributed by atoms with van der Waals surface area (Å²) in [5, 5.41) is 2.66. The van der Waals surface area contributed by atoms with Gasteiger partial charge in [-0.3, -0.25) is 0 Å². The van der Waals surface area contributed by atoms with E-state index in [2.05, 4.69) is 42.5 Å². The van der Waals surface area contributed by atoms with Crippen LogP contribution in [-0.2, 0) is 0 Å². The Morgan fingerprint density at radius 3 is 2.47 bits per heavy atom. The quantitative estimate of drug-likeness (QED) is 0.781. The van der Waals surface area contributed by atoms with E-state index in [0.29, 0.717) is 6.54 Å². The Labute approximate surface area is 95.0 Å². The molecule has 2 aromatic carbocycles. The molecule has 1 aliphatic carbocycles. The van der Waals surface area contributed by atoms with Crippen molar-refractivity contribution in [2.24, 2.45) is 5.73 Å². The summed E-state index contributed by atoms with van der Waals surface area (Å²) in [6.45, 7) is 0.619. The highest BCUT2D eigenvalue weighted by Gasteiger charge is 2.13. The first kappa shape index (κ1) is 10.2. The number of hydrogen-bond donors (Lipinski definition) is 1. The molecule has 1 aliphatic rings. The Morgan fingerprint density at radius 1 is 1.00 bits per heavy atom. The van der Waals surface area contributed by atoms with Crippen LogP contribution >= 0.6 is 12.4 Å². The zero-order valence-electron chi connectivity index (χ0n) is 8.23. The topological polar surface area (TPSA) is 26.0 Å². The predicted octanol–water partition coefficient (Wildman–Crippen LogP) is 3.07. The summed E-state index contributed by atoms with van der Waals surface area (Å²) >= 11 is 0. The van der Waals surface area contributed by atoms with E-state index in [9.17, 15) is 0 Å². The summed E-state index contributed by atoms with van der Waals surface area (Å²) < 4.78 is 0. The summed E-state index contributed by atoms with van der Waals surface area (Å²) in [6, 6.07) is 12.8. The van der Waals surface area contributed by atoms with E-state index in [0.717, 1.165) is 0 Å². The van der Waals surface area contributed by atoms with E-state index in [-0.39, 0.29) is 12.4 Å². The highest BCUT2D eigenvalue weighted by Crippen LogP contribution is 2.35. The molecule has 0 aromatic heterocycles. The van der Waals surface area contributed by atoms with Crippen LogP contribution in [0.25, 0.3) is 22.4 Å². The van der Waals surface area contributed by atoms with Gasteiger partial charge in [-0.25, -0.2) is 0 Å². The van der Waals surface area contributed by atoms with Gasteiger partial charge in [0.1, 0.15) is 0 Å². The van der Waals surface area contributed by atoms with E-state index in [1.165, 1.54) is 27.5 Å². The number of benzene rings is 2. The van der Waals surface area contributed by atoms with Crippen molar-refractivity contribution in [1.29, 1.82) is 0 Å². The average Bonchev–Trinajstić information content (AvgIpc) is 2.60. The maximum Gasteiger partial charge on any atom is 0.0184 e. The van der Waals surface area contributed by atoms with Crippen molar-refractivity contribution in [3.8, 4) is 0 Å². The monoisotopic (exact) mass is 217 g/mol. The van der Waals surface area contributed by atoms with Crippen molar-refractivity contribution >= 4 is 34.8 Å². The zero-order valence-corrected chi connectivity index (χ0v) is 9.05. The summed E-state index contributed by atoms with van der Waals surface area (Å²) in [5.41, 5.74) is 9.58. The van der Waals surface area contributed by atoms with Crippen LogP contribution < -0.4 is 5.73 Å². The molecule has 0 bridgehead atoms. The molecule has 0 radical (unpaired) electrons. The van der Waals surface area contributed by atoms with Crippen LogP contribution in [0.5, 0.6) is 0 Å². The van der Waals surface area contributed by atoms with Crippen LogP contribution in [-0.4, -0.2) is 6.54 Å². The lowest BCUT2D eigenvalue weighted by Gasteiger charge is -2.02. The van der Waals surface area contributed by atoms with Gasteiger partial charge in [0.05, 0.1) is 0 Å². The number of rotatable bonds is 1. The van der Waals surface area contributed by atoms with Crippen molar-refractivity contribution in [2.75, 3.05) is 6.54 Å². The molecule has 0 unspecified atom stereocenters. The largest absolute Gasteiger partial charge is 0.326 e. The van der Waals surface area contributed by atoms with Crippen molar-refractivity contribution in [2.45, 2.75) is 0 Å². The summed E-state index contributed by atoms with van der Waals surface area (Å²) in [5.74, 6) is 0. The van der Waals surface area contributed by atoms with Crippen LogP contribution in [0.4, 0.5) is 0 Å². The highest BCUT2D eigenvalue weighted by molar-refractivity contribution is 6.09. The van der Waals surface area contributed by atoms with Crippen molar-refractivity contribution in [3.63, 3.8) is 0 Å². The average molecular weight is 218 g/mol. The molecular formula is C13H12ClN. The molecule has 0 aliphatic heterocycles. The fourth-order valence-corrected chi connectivity index (χ4v) is 2.19. The number of halogens is 1. The Hall–Kier alpha value is -1.31. The zero-order chi connectivity index (χ0) is 9.54. The first-order valence-corrected chi connectivity index (χ1v) is 4.83. The minimum atomic E-state index is 0. The standard InChI is InChI=1S/C13H11N.ClH/c14-8-11-7-10-5-1-3-9-4-2-6-12(11)13(9)10;/h1-7H,8,14H2;1H. The first-order valence-electron chi connectivity index (χ1n) is 4.83. The molecule has 0 atom stereocenters. The lowest BCUT2D eigenvalue weighted by molar-refractivity contribution is 1.28. The third kappa shape index (κ3) is 1.36. The SMILES string of the molecule is Cl.NCC1=Cc2cccc3cccc1c23.